The molecule has 2 amide bonds. The smallest absolute Gasteiger partial charge is 0.409 e. The number of hydrogen-bond donors (Lipinski definition) is 6. The van der Waals surface area contributed by atoms with Crippen molar-refractivity contribution in [3.8, 4) is 62.0 Å². The third-order valence-corrected chi connectivity index (χ3v) is 18.2. The molecule has 2 fully saturated rings. The van der Waals surface area contributed by atoms with Crippen molar-refractivity contribution in [3.05, 3.63) is 166 Å². The maximum Gasteiger partial charge on any atom is 0.409 e. The number of nitrogens with two attached hydrogens (primary N) is 2. The van der Waals surface area contributed by atoms with Crippen LogP contribution >= 0.6 is 11.6 Å². The van der Waals surface area contributed by atoms with Gasteiger partial charge in [0.15, 0.2) is 0 Å². The van der Waals surface area contributed by atoms with Crippen LogP contribution < -0.4 is 36.3 Å². The highest BCUT2D eigenvalue weighted by Crippen LogP contribution is 2.45. The monoisotopic (exact) mass is 1390 g/mol. The molecule has 15 rings (SSSR count). The lowest BCUT2D eigenvalue weighted by molar-refractivity contribution is -0.384. The van der Waals surface area contributed by atoms with Crippen molar-refractivity contribution in [2.75, 3.05) is 65.5 Å². The number of ether oxygens (including phenoxy) is 3. The Bertz CT molecular complexity index is 5160. The highest BCUT2D eigenvalue weighted by molar-refractivity contribution is 6.61. The number of rotatable bonds is 10. The zero-order chi connectivity index (χ0) is 69.9. The molecule has 0 aliphatic carbocycles. The number of hydrogen-bond acceptors (Lipinski definition) is 19. The van der Waals surface area contributed by atoms with Gasteiger partial charge in [-0.15, -0.1) is 0 Å². The number of H-pyrrole nitrogens is 2. The van der Waals surface area contributed by atoms with Crippen LogP contribution in [0.3, 0.4) is 0 Å². The second-order valence-corrected chi connectivity index (χ2v) is 25.2. The van der Waals surface area contributed by atoms with E-state index in [-0.39, 0.29) is 38.4 Å². The maximum atomic E-state index is 13.0. The number of aryl methyl sites for hydroxylation is 6. The standard InChI is InChI=1S/C34H35N7O3.C27H23N5O2.C7H4ClNO4.C6H14N2.2CH4/c1-18-30(19(2)44-40-18)26-16-28-25(17-29(26)43-5)31-32(35-20(3)36-33(31)38-28)24-10-11-27(23-9-7-6-8-22(23)24)39-34(42)37-21-12-14-41(4)15-13-21;1-13-24(14(2)34-32-13)20-11-22-19(12-23(20)33-4)25-26(29-15(3)30-27(25)31-22)18-9-10-21(28)17-8-6-5-7-16(17)18;8-7(10)13-6-3-1-5(2-4-6)9(11)12;1-8-4-2-6(7)3-5-8;;/h6-11,16-17,21H,12-15H2,1-5H3,(H,35,36,38)(H2,37,39,42);5-12H,28H2,1-4H3,(H,29,30,31);1-4H;6H,2-5,7H2,1H3;2*1H4. The zero-order valence-electron chi connectivity index (χ0n) is 56.6. The molecule has 0 saturated carbocycles. The molecule has 24 nitrogen and oxygen atoms in total. The Morgan fingerprint density at radius 3 is 1.50 bits per heavy atom. The largest absolute Gasteiger partial charge is 0.496 e. The number of carbonyl (C=O) groups excluding carboxylic acids is 2. The van der Waals surface area contributed by atoms with Crippen LogP contribution in [-0.4, -0.2) is 133 Å². The molecule has 8 heterocycles. The minimum absolute atomic E-state index is 0. The summed E-state index contributed by atoms with van der Waals surface area (Å²) in [6, 6.07) is 37.9. The number of aromatic amines is 2. The fourth-order valence-corrected chi connectivity index (χ4v) is 13.2. The van der Waals surface area contributed by atoms with Gasteiger partial charge in [0.2, 0.25) is 0 Å². The van der Waals surface area contributed by atoms with E-state index in [2.05, 4.69) is 83.8 Å². The number of methoxy groups -OCH3 is 2. The zero-order valence-corrected chi connectivity index (χ0v) is 57.3. The van der Waals surface area contributed by atoms with Gasteiger partial charge < -0.3 is 65.1 Å². The number of benzene rings is 7. The second kappa shape index (κ2) is 31.0. The minimum atomic E-state index is -0.978. The molecule has 0 spiro atoms. The molecule has 8 N–H and O–H groups in total. The van der Waals surface area contributed by atoms with Crippen LogP contribution in [0.25, 0.3) is 110 Å². The lowest BCUT2D eigenvalue weighted by Crippen LogP contribution is -2.44. The maximum absolute atomic E-state index is 13.0. The number of nitro groups is 1. The summed E-state index contributed by atoms with van der Waals surface area (Å²) in [4.78, 5) is 63.9. The van der Waals surface area contributed by atoms with Crippen LogP contribution in [0, 0.1) is 51.7 Å². The van der Waals surface area contributed by atoms with Gasteiger partial charge in [0, 0.05) is 96.3 Å². The topological polar surface area (TPSA) is 323 Å². The Hall–Kier alpha value is -11.1. The van der Waals surface area contributed by atoms with Gasteiger partial charge in [-0.1, -0.05) is 85.8 Å². The number of piperidine rings is 2. The van der Waals surface area contributed by atoms with E-state index in [4.69, 9.17) is 61.5 Å². The van der Waals surface area contributed by atoms with Gasteiger partial charge in [0.05, 0.1) is 69.5 Å². The fraction of sp³-hybridized carbons (Fsp3) is 0.289. The summed E-state index contributed by atoms with van der Waals surface area (Å²) in [5.74, 6) is 4.43. The number of carbonyl (C=O) groups is 2. The first-order valence-electron chi connectivity index (χ1n) is 32.4. The van der Waals surface area contributed by atoms with Gasteiger partial charge in [0.1, 0.15) is 51.7 Å². The molecule has 0 unspecified atom stereocenters. The third-order valence-electron chi connectivity index (χ3n) is 18.1. The molecule has 13 aromatic rings. The number of non-ortho nitro benzene ring substituents is 1. The first kappa shape index (κ1) is 72.7. The highest BCUT2D eigenvalue weighted by atomic mass is 35.5. The molecule has 0 atom stereocenters. The summed E-state index contributed by atoms with van der Waals surface area (Å²) >= 11 is 4.92. The number of urea groups is 1. The Morgan fingerprint density at radius 2 is 1.06 bits per heavy atom. The van der Waals surface area contributed by atoms with Crippen molar-refractivity contribution in [1.82, 2.24) is 55.3 Å². The highest BCUT2D eigenvalue weighted by Gasteiger charge is 2.26. The molecule has 6 aromatic heterocycles. The Labute approximate surface area is 589 Å². The number of nitrogens with zero attached hydrogens (tertiary/aromatic N) is 9. The van der Waals surface area contributed by atoms with Crippen LogP contribution in [-0.2, 0) is 0 Å². The number of fused-ring (bicyclic) bond motifs is 8. The molecule has 101 heavy (non-hydrogen) atoms. The molecular weight excluding hydrogens is 1300 g/mol. The molecule has 2 aliphatic heterocycles. The summed E-state index contributed by atoms with van der Waals surface area (Å²) in [7, 11) is 7.60. The number of nitrogens with one attached hydrogen (secondary N) is 4. The molecule has 0 bridgehead atoms. The molecule has 0 radical (unpaired) electrons. The molecular formula is C76H84ClN15O9. The predicted octanol–water partition coefficient (Wildman–Crippen LogP) is 16.5. The number of likely N-dealkylation sites (tertiary alicyclic amines) is 2. The van der Waals surface area contributed by atoms with Crippen molar-refractivity contribution < 1.29 is 37.8 Å². The summed E-state index contributed by atoms with van der Waals surface area (Å²) < 4.78 is 27.0. The van der Waals surface area contributed by atoms with Crippen LogP contribution in [0.15, 0.2) is 130 Å². The van der Waals surface area contributed by atoms with E-state index in [0.717, 1.165) is 176 Å². The number of aromatic nitrogens is 8. The first-order chi connectivity index (χ1) is 47.6. The van der Waals surface area contributed by atoms with E-state index in [1.54, 1.807) is 14.2 Å². The summed E-state index contributed by atoms with van der Waals surface area (Å²) in [6.45, 7) is 15.8. The lowest BCUT2D eigenvalue weighted by Gasteiger charge is -2.29. The van der Waals surface area contributed by atoms with Crippen molar-refractivity contribution >= 4 is 106 Å². The van der Waals surface area contributed by atoms with Crippen molar-refractivity contribution in [3.63, 3.8) is 0 Å². The van der Waals surface area contributed by atoms with Gasteiger partial charge in [-0.3, -0.25) is 10.1 Å². The van der Waals surface area contributed by atoms with E-state index in [1.807, 2.05) is 114 Å². The number of nitro benzene ring substituents is 1. The Morgan fingerprint density at radius 1 is 0.604 bits per heavy atom. The molecule has 524 valence electrons. The van der Waals surface area contributed by atoms with E-state index in [9.17, 15) is 19.7 Å². The van der Waals surface area contributed by atoms with E-state index >= 15 is 0 Å². The molecule has 2 saturated heterocycles. The van der Waals surface area contributed by atoms with Crippen molar-refractivity contribution in [2.24, 2.45) is 5.73 Å². The van der Waals surface area contributed by atoms with Crippen LogP contribution in [0.1, 0.15) is 75.1 Å². The molecule has 2 aliphatic rings. The van der Waals surface area contributed by atoms with E-state index in [1.165, 1.54) is 50.2 Å². The Kier molecular flexibility index (Phi) is 22.3. The quantitative estimate of drug-likeness (QED) is 0.0321. The normalized spacial score (nSPS) is 13.5. The van der Waals surface area contributed by atoms with Crippen LogP contribution in [0.2, 0.25) is 0 Å². The number of nitrogen functional groups attached to an aromatic ring is 1. The van der Waals surface area contributed by atoms with Crippen LogP contribution in [0.4, 0.5) is 26.7 Å². The van der Waals surface area contributed by atoms with E-state index < -0.39 is 10.4 Å². The van der Waals surface area contributed by atoms with Gasteiger partial charge in [-0.05, 0) is 167 Å². The molecule has 7 aromatic carbocycles. The average Bonchev–Trinajstić information content (AvgIpc) is 1.63. The number of amides is 2. The Balaban J connectivity index is 0.000000169. The second-order valence-electron chi connectivity index (χ2n) is 24.9. The van der Waals surface area contributed by atoms with Gasteiger partial charge in [-0.2, -0.15) is 0 Å². The summed E-state index contributed by atoms with van der Waals surface area (Å²) in [6.07, 6.45) is 4.25. The number of anilines is 2. The molecule has 25 heteroatoms. The first-order valence-corrected chi connectivity index (χ1v) is 32.8. The number of halogens is 1. The lowest BCUT2D eigenvalue weighted by atomic mass is 9.97. The van der Waals surface area contributed by atoms with E-state index in [0.29, 0.717) is 23.4 Å². The van der Waals surface area contributed by atoms with Crippen molar-refractivity contribution in [2.45, 2.75) is 94.2 Å². The van der Waals surface area contributed by atoms with Crippen LogP contribution in [0.5, 0.6) is 17.2 Å². The van der Waals surface area contributed by atoms with Gasteiger partial charge >= 0.3 is 11.5 Å². The third kappa shape index (κ3) is 15.4. The SMILES string of the molecule is C.C.CN1CCC(N)CC1.COc1cc2c(cc1-c1c(C)noc1C)[nH]c1nc(C)nc(-c3ccc(N)c4ccccc34)c12.COc1cc2c(cc1-c1c(C)noc1C)[nH]c1nc(C)nc(-c3ccc(NC(=O)NC4CCN(C)CC4)c4ccccc34)c12.O=C(Cl)Oc1ccc([N+](=O)[O-])cc1. The summed E-state index contributed by atoms with van der Waals surface area (Å²) in [5.41, 5.74) is 24.7. The van der Waals surface area contributed by atoms with Gasteiger partial charge in [-0.25, -0.2) is 29.5 Å². The van der Waals surface area contributed by atoms with Crippen molar-refractivity contribution in [1.29, 1.82) is 0 Å². The average molecular weight is 1390 g/mol. The fourth-order valence-electron chi connectivity index (χ4n) is 13.1. The predicted molar refractivity (Wildman–Crippen MR) is 401 cm³/mol. The minimum Gasteiger partial charge on any atom is -0.496 e. The van der Waals surface area contributed by atoms with Gasteiger partial charge in [0.25, 0.3) is 5.69 Å². The summed E-state index contributed by atoms with van der Waals surface area (Å²) in [5, 5.41) is 32.5.